The molecular formula is C9H9ClN4O2S2. The van der Waals surface area contributed by atoms with Crippen LogP contribution in [0.2, 0.25) is 5.02 Å². The summed E-state index contributed by atoms with van der Waals surface area (Å²) in [5.41, 5.74) is 5.84. The average molecular weight is 305 g/mol. The van der Waals surface area contributed by atoms with Gasteiger partial charge in [-0.2, -0.15) is 0 Å². The number of nitrogen functional groups attached to an aromatic ring is 1. The summed E-state index contributed by atoms with van der Waals surface area (Å²) in [4.78, 5) is 0.0227. The molecule has 0 unspecified atom stereocenters. The van der Waals surface area contributed by atoms with Crippen molar-refractivity contribution in [3.8, 4) is 0 Å². The third-order valence-corrected chi connectivity index (χ3v) is 4.58. The lowest BCUT2D eigenvalue weighted by molar-refractivity contribution is 0.601. The molecule has 9 heteroatoms. The van der Waals surface area contributed by atoms with E-state index in [1.54, 1.807) is 6.92 Å². The van der Waals surface area contributed by atoms with Crippen LogP contribution < -0.4 is 10.5 Å². The Kier molecular flexibility index (Phi) is 3.42. The van der Waals surface area contributed by atoms with Crippen LogP contribution in [0.25, 0.3) is 0 Å². The quantitative estimate of drug-likeness (QED) is 0.844. The number of nitrogens with one attached hydrogen (secondary N) is 1. The molecule has 1 aromatic carbocycles. The van der Waals surface area contributed by atoms with Crippen molar-refractivity contribution in [1.29, 1.82) is 0 Å². The molecule has 0 amide bonds. The smallest absolute Gasteiger partial charge is 0.263 e. The molecule has 2 rings (SSSR count). The van der Waals surface area contributed by atoms with Gasteiger partial charge in [0.2, 0.25) is 5.13 Å². The van der Waals surface area contributed by atoms with E-state index in [-0.39, 0.29) is 15.0 Å². The van der Waals surface area contributed by atoms with Crippen LogP contribution >= 0.6 is 22.9 Å². The maximum absolute atomic E-state index is 12.0. The summed E-state index contributed by atoms with van der Waals surface area (Å²) < 4.78 is 26.3. The number of rotatable bonds is 3. The van der Waals surface area contributed by atoms with E-state index in [9.17, 15) is 8.42 Å². The molecule has 3 N–H and O–H groups in total. The van der Waals surface area contributed by atoms with E-state index in [0.29, 0.717) is 10.7 Å². The van der Waals surface area contributed by atoms with Crippen molar-refractivity contribution < 1.29 is 8.42 Å². The maximum atomic E-state index is 12.0. The number of nitrogens with two attached hydrogens (primary N) is 1. The largest absolute Gasteiger partial charge is 0.398 e. The van der Waals surface area contributed by atoms with Gasteiger partial charge in [-0.1, -0.05) is 22.9 Å². The van der Waals surface area contributed by atoms with Crippen molar-refractivity contribution in [2.75, 3.05) is 10.5 Å². The van der Waals surface area contributed by atoms with Gasteiger partial charge in [0.15, 0.2) is 0 Å². The average Bonchev–Trinajstić information content (AvgIpc) is 2.67. The zero-order valence-corrected chi connectivity index (χ0v) is 11.6. The third-order valence-electron chi connectivity index (χ3n) is 2.03. The number of sulfonamides is 1. The molecule has 0 aliphatic carbocycles. The van der Waals surface area contributed by atoms with Crippen molar-refractivity contribution in [2.24, 2.45) is 0 Å². The maximum Gasteiger partial charge on any atom is 0.263 e. The first-order valence-corrected chi connectivity index (χ1v) is 7.44. The summed E-state index contributed by atoms with van der Waals surface area (Å²) in [6.07, 6.45) is 0. The number of aryl methyl sites for hydroxylation is 1. The van der Waals surface area contributed by atoms with Crippen LogP contribution in [0.4, 0.5) is 10.8 Å². The number of hydrogen-bond donors (Lipinski definition) is 2. The van der Waals surface area contributed by atoms with Crippen LogP contribution in [0.3, 0.4) is 0 Å². The van der Waals surface area contributed by atoms with Gasteiger partial charge in [0.05, 0.1) is 15.6 Å². The Labute approximate surface area is 113 Å². The fourth-order valence-corrected chi connectivity index (χ4v) is 3.28. The first kappa shape index (κ1) is 13.1. The molecule has 0 saturated heterocycles. The van der Waals surface area contributed by atoms with E-state index in [2.05, 4.69) is 14.9 Å². The second-order valence-corrected chi connectivity index (χ2v) is 6.69. The van der Waals surface area contributed by atoms with E-state index >= 15 is 0 Å². The van der Waals surface area contributed by atoms with Gasteiger partial charge in [-0.15, -0.1) is 10.2 Å². The minimum Gasteiger partial charge on any atom is -0.398 e. The van der Waals surface area contributed by atoms with Gasteiger partial charge in [0.25, 0.3) is 10.0 Å². The van der Waals surface area contributed by atoms with Crippen LogP contribution in [0.5, 0.6) is 0 Å². The number of anilines is 2. The molecular weight excluding hydrogens is 296 g/mol. The Balaban J connectivity index is 2.33. The molecule has 0 atom stereocenters. The van der Waals surface area contributed by atoms with Crippen LogP contribution in [-0.2, 0) is 10.0 Å². The predicted octanol–water partition coefficient (Wildman–Crippen LogP) is 1.88. The van der Waals surface area contributed by atoms with Crippen LogP contribution in [0.15, 0.2) is 23.1 Å². The Morgan fingerprint density at radius 3 is 2.67 bits per heavy atom. The highest BCUT2D eigenvalue weighted by Gasteiger charge is 2.17. The lowest BCUT2D eigenvalue weighted by Gasteiger charge is -2.06. The summed E-state index contributed by atoms with van der Waals surface area (Å²) in [5, 5.41) is 8.47. The Morgan fingerprint density at radius 2 is 2.11 bits per heavy atom. The number of aromatic nitrogens is 2. The number of hydrogen-bond acceptors (Lipinski definition) is 6. The number of halogens is 1. The van der Waals surface area contributed by atoms with Crippen LogP contribution in [0.1, 0.15) is 5.01 Å². The van der Waals surface area contributed by atoms with Gasteiger partial charge in [0.1, 0.15) is 5.01 Å². The normalized spacial score (nSPS) is 11.4. The number of benzene rings is 1. The Bertz CT molecular complexity index is 684. The first-order valence-electron chi connectivity index (χ1n) is 4.76. The molecule has 96 valence electrons. The topological polar surface area (TPSA) is 98.0 Å². The summed E-state index contributed by atoms with van der Waals surface area (Å²) in [7, 11) is -3.72. The van der Waals surface area contributed by atoms with Crippen LogP contribution in [0, 0.1) is 6.92 Å². The second-order valence-electron chi connectivity index (χ2n) is 3.42. The summed E-state index contributed by atoms with van der Waals surface area (Å²) in [6.45, 7) is 1.73. The Morgan fingerprint density at radius 1 is 1.39 bits per heavy atom. The van der Waals surface area contributed by atoms with Gasteiger partial charge in [-0.3, -0.25) is 4.72 Å². The molecule has 0 fully saturated rings. The highest BCUT2D eigenvalue weighted by atomic mass is 35.5. The molecule has 0 saturated carbocycles. The third kappa shape index (κ3) is 2.71. The molecule has 6 nitrogen and oxygen atoms in total. The molecule has 0 aliphatic heterocycles. The summed E-state index contributed by atoms with van der Waals surface area (Å²) in [6, 6.07) is 4.09. The van der Waals surface area contributed by atoms with E-state index < -0.39 is 10.0 Å². The number of nitrogens with zero attached hydrogens (tertiary/aromatic N) is 2. The minimum atomic E-state index is -3.72. The van der Waals surface area contributed by atoms with Gasteiger partial charge in [0, 0.05) is 0 Å². The van der Waals surface area contributed by atoms with Crippen molar-refractivity contribution in [3.63, 3.8) is 0 Å². The first-order chi connectivity index (χ1) is 8.38. The van der Waals surface area contributed by atoms with Crippen LogP contribution in [-0.4, -0.2) is 18.6 Å². The standard InChI is InChI=1S/C9H9ClN4O2S2/c1-5-12-13-9(17-5)14-18(15,16)6-2-3-8(11)7(10)4-6/h2-4H,11H2,1H3,(H,13,14). The fraction of sp³-hybridized carbons (Fsp3) is 0.111. The molecule has 0 spiro atoms. The molecule has 1 heterocycles. The highest BCUT2D eigenvalue weighted by molar-refractivity contribution is 7.93. The lowest BCUT2D eigenvalue weighted by Crippen LogP contribution is -2.13. The van der Waals surface area contributed by atoms with E-state index in [1.165, 1.54) is 18.2 Å². The van der Waals surface area contributed by atoms with Crippen molar-refractivity contribution in [3.05, 3.63) is 28.2 Å². The second kappa shape index (κ2) is 4.71. The Hall–Kier alpha value is -1.38. The van der Waals surface area contributed by atoms with Gasteiger partial charge in [-0.25, -0.2) is 8.42 Å². The van der Waals surface area contributed by atoms with Gasteiger partial charge < -0.3 is 5.73 Å². The van der Waals surface area contributed by atoms with E-state index in [0.717, 1.165) is 11.3 Å². The predicted molar refractivity (Wildman–Crippen MR) is 71.3 cm³/mol. The lowest BCUT2D eigenvalue weighted by atomic mass is 10.3. The SMILES string of the molecule is Cc1nnc(NS(=O)(=O)c2ccc(N)c(Cl)c2)s1. The summed E-state index contributed by atoms with van der Waals surface area (Å²) >= 11 is 6.93. The van der Waals surface area contributed by atoms with Crippen molar-refractivity contribution in [2.45, 2.75) is 11.8 Å². The zero-order chi connectivity index (χ0) is 13.3. The molecule has 18 heavy (non-hydrogen) atoms. The van der Waals surface area contributed by atoms with E-state index in [1.807, 2.05) is 0 Å². The molecule has 0 aliphatic rings. The fourth-order valence-electron chi connectivity index (χ4n) is 1.19. The van der Waals surface area contributed by atoms with Crippen molar-refractivity contribution in [1.82, 2.24) is 10.2 Å². The molecule has 0 bridgehead atoms. The zero-order valence-electron chi connectivity index (χ0n) is 9.21. The minimum absolute atomic E-state index is 0.0227. The van der Waals surface area contributed by atoms with E-state index in [4.69, 9.17) is 17.3 Å². The molecule has 0 radical (unpaired) electrons. The molecule has 1 aromatic heterocycles. The van der Waals surface area contributed by atoms with Crippen molar-refractivity contribution >= 4 is 43.8 Å². The highest BCUT2D eigenvalue weighted by Crippen LogP contribution is 2.24. The van der Waals surface area contributed by atoms with Gasteiger partial charge in [-0.05, 0) is 25.1 Å². The van der Waals surface area contributed by atoms with Gasteiger partial charge >= 0.3 is 0 Å². The molecule has 2 aromatic rings. The summed E-state index contributed by atoms with van der Waals surface area (Å²) in [5.74, 6) is 0. The monoisotopic (exact) mass is 304 g/mol.